The lowest BCUT2D eigenvalue weighted by atomic mass is 9.86. The number of nitrogens with zero attached hydrogens (tertiary/aromatic N) is 2. The molecule has 1 aromatic heterocycles. The Morgan fingerprint density at radius 1 is 1.07 bits per heavy atom. The minimum atomic E-state index is 0.225. The van der Waals surface area contributed by atoms with Crippen molar-refractivity contribution in [1.29, 1.82) is 0 Å². The van der Waals surface area contributed by atoms with Crippen LogP contribution >= 0.6 is 0 Å². The quantitative estimate of drug-likeness (QED) is 0.717. The van der Waals surface area contributed by atoms with E-state index in [9.17, 15) is 0 Å². The fourth-order valence-electron chi connectivity index (χ4n) is 3.92. The highest BCUT2D eigenvalue weighted by molar-refractivity contribution is 5.32. The van der Waals surface area contributed by atoms with E-state index in [2.05, 4.69) is 82.5 Å². The molecule has 2 heterocycles. The van der Waals surface area contributed by atoms with Gasteiger partial charge in [0.2, 0.25) is 0 Å². The maximum atomic E-state index is 6.16. The average Bonchev–Trinajstić information content (AvgIpc) is 3.12. The summed E-state index contributed by atoms with van der Waals surface area (Å²) in [6.45, 7) is 5.66. The van der Waals surface area contributed by atoms with Gasteiger partial charge in [-0.2, -0.15) is 0 Å². The second-order valence-corrected chi connectivity index (χ2v) is 7.31. The van der Waals surface area contributed by atoms with E-state index in [1.807, 2.05) is 0 Å². The molecule has 0 saturated carbocycles. The number of imidazole rings is 1. The fourth-order valence-corrected chi connectivity index (χ4v) is 3.92. The second-order valence-electron chi connectivity index (χ2n) is 7.31. The molecule has 1 aliphatic heterocycles. The predicted octanol–water partition coefficient (Wildman–Crippen LogP) is 4.14. The van der Waals surface area contributed by atoms with Gasteiger partial charge in [0.05, 0.1) is 24.7 Å². The predicted molar refractivity (Wildman–Crippen MR) is 108 cm³/mol. The number of ether oxygens (including phenoxy) is 1. The molecule has 0 bridgehead atoms. The minimum absolute atomic E-state index is 0.225. The lowest BCUT2D eigenvalue weighted by Gasteiger charge is -2.34. The van der Waals surface area contributed by atoms with Crippen LogP contribution in [0.2, 0.25) is 0 Å². The summed E-state index contributed by atoms with van der Waals surface area (Å²) in [5.41, 5.74) is 5.00. The minimum Gasteiger partial charge on any atom is -0.376 e. The average molecular weight is 361 g/mol. The van der Waals surface area contributed by atoms with Crippen LogP contribution in [0.3, 0.4) is 0 Å². The summed E-state index contributed by atoms with van der Waals surface area (Å²) in [6.07, 6.45) is 3.00. The van der Waals surface area contributed by atoms with Gasteiger partial charge in [0.25, 0.3) is 0 Å². The van der Waals surface area contributed by atoms with Crippen molar-refractivity contribution in [3.8, 4) is 0 Å². The molecule has 0 aliphatic carbocycles. The third-order valence-corrected chi connectivity index (χ3v) is 5.43. The van der Waals surface area contributed by atoms with E-state index in [0.29, 0.717) is 5.92 Å². The van der Waals surface area contributed by atoms with E-state index in [1.54, 1.807) is 6.33 Å². The summed E-state index contributed by atoms with van der Waals surface area (Å²) in [5, 5.41) is 0. The smallest absolute Gasteiger partial charge is 0.0925 e. The number of aryl methyl sites for hydroxylation is 1. The summed E-state index contributed by atoms with van der Waals surface area (Å²) in [4.78, 5) is 10.1. The zero-order valence-corrected chi connectivity index (χ0v) is 15.8. The van der Waals surface area contributed by atoms with Crippen LogP contribution in [0.1, 0.15) is 34.9 Å². The van der Waals surface area contributed by atoms with Gasteiger partial charge in [-0.05, 0) is 24.5 Å². The third-order valence-electron chi connectivity index (χ3n) is 5.43. The van der Waals surface area contributed by atoms with E-state index >= 15 is 0 Å². The lowest BCUT2D eigenvalue weighted by Crippen LogP contribution is -2.42. The summed E-state index contributed by atoms with van der Waals surface area (Å²) >= 11 is 0. The molecule has 4 rings (SSSR count). The Balaban J connectivity index is 1.48. The Labute approximate surface area is 161 Å². The van der Waals surface area contributed by atoms with Gasteiger partial charge in [-0.25, -0.2) is 4.98 Å². The number of aromatic nitrogens is 2. The molecule has 1 N–H and O–H groups in total. The molecule has 3 aromatic rings. The summed E-state index contributed by atoms with van der Waals surface area (Å²) in [6, 6.07) is 21.6. The van der Waals surface area contributed by atoms with Gasteiger partial charge >= 0.3 is 0 Å². The van der Waals surface area contributed by atoms with Gasteiger partial charge in [0.1, 0.15) is 0 Å². The monoisotopic (exact) mass is 361 g/mol. The molecule has 140 valence electrons. The first kappa shape index (κ1) is 18.0. The van der Waals surface area contributed by atoms with E-state index in [-0.39, 0.29) is 6.10 Å². The van der Waals surface area contributed by atoms with Crippen molar-refractivity contribution in [3.05, 3.63) is 89.5 Å². The Bertz CT molecular complexity index is 792. The molecule has 0 amide bonds. The number of hydrogen-bond acceptors (Lipinski definition) is 3. The summed E-state index contributed by atoms with van der Waals surface area (Å²) in [5.74, 6) is 0.351. The van der Waals surface area contributed by atoms with Gasteiger partial charge in [-0.3, -0.25) is 4.90 Å². The number of H-pyrrole nitrogens is 1. The van der Waals surface area contributed by atoms with Crippen LogP contribution in [-0.2, 0) is 11.3 Å². The van der Waals surface area contributed by atoms with E-state index in [4.69, 9.17) is 4.74 Å². The molecular formula is C23H27N3O. The van der Waals surface area contributed by atoms with Crippen LogP contribution in [0.4, 0.5) is 0 Å². The Morgan fingerprint density at radius 3 is 2.33 bits per heavy atom. The van der Waals surface area contributed by atoms with Crippen molar-refractivity contribution in [2.24, 2.45) is 0 Å². The number of nitrogens with one attached hydrogen (secondary N) is 1. The molecule has 1 unspecified atom stereocenters. The molecule has 1 aliphatic rings. The molecule has 4 nitrogen and oxygen atoms in total. The first-order valence-corrected chi connectivity index (χ1v) is 9.72. The van der Waals surface area contributed by atoms with Crippen LogP contribution < -0.4 is 0 Å². The van der Waals surface area contributed by atoms with E-state index < -0.39 is 0 Å². The molecule has 1 atom stereocenters. The highest BCUT2D eigenvalue weighted by Crippen LogP contribution is 2.31. The Morgan fingerprint density at radius 2 is 1.74 bits per heavy atom. The van der Waals surface area contributed by atoms with Gasteiger partial charge < -0.3 is 9.72 Å². The van der Waals surface area contributed by atoms with Crippen molar-refractivity contribution in [2.45, 2.75) is 31.9 Å². The zero-order chi connectivity index (χ0) is 18.5. The highest BCUT2D eigenvalue weighted by Gasteiger charge is 2.26. The molecule has 4 heteroatoms. The normalized spacial score (nSPS) is 18.1. The van der Waals surface area contributed by atoms with Crippen molar-refractivity contribution < 1.29 is 4.74 Å². The Hall–Kier alpha value is -2.43. The van der Waals surface area contributed by atoms with E-state index in [0.717, 1.165) is 44.0 Å². The van der Waals surface area contributed by atoms with Gasteiger partial charge in [-0.1, -0.05) is 60.7 Å². The maximum absolute atomic E-state index is 6.16. The van der Waals surface area contributed by atoms with Crippen molar-refractivity contribution >= 4 is 0 Å². The third kappa shape index (κ3) is 4.46. The van der Waals surface area contributed by atoms with Crippen LogP contribution in [0.15, 0.2) is 67.0 Å². The number of hydrogen-bond donors (Lipinski definition) is 1. The lowest BCUT2D eigenvalue weighted by molar-refractivity contribution is -0.0368. The molecule has 0 radical (unpaired) electrons. The van der Waals surface area contributed by atoms with Crippen molar-refractivity contribution in [3.63, 3.8) is 0 Å². The first-order chi connectivity index (χ1) is 13.3. The molecule has 0 spiro atoms. The maximum Gasteiger partial charge on any atom is 0.0925 e. The molecular weight excluding hydrogens is 334 g/mol. The second kappa shape index (κ2) is 8.51. The van der Waals surface area contributed by atoms with Gasteiger partial charge in [-0.15, -0.1) is 0 Å². The first-order valence-electron chi connectivity index (χ1n) is 9.72. The van der Waals surface area contributed by atoms with Gasteiger partial charge in [0, 0.05) is 31.2 Å². The van der Waals surface area contributed by atoms with Crippen molar-refractivity contribution in [2.75, 3.05) is 19.7 Å². The van der Waals surface area contributed by atoms with Crippen LogP contribution in [0.25, 0.3) is 0 Å². The van der Waals surface area contributed by atoms with Crippen molar-refractivity contribution in [1.82, 2.24) is 14.9 Å². The summed E-state index contributed by atoms with van der Waals surface area (Å²) in [7, 11) is 0. The van der Waals surface area contributed by atoms with Crippen LogP contribution in [0.5, 0.6) is 0 Å². The molecule has 2 aromatic carbocycles. The Kier molecular flexibility index (Phi) is 5.66. The molecule has 1 fully saturated rings. The topological polar surface area (TPSA) is 41.2 Å². The number of rotatable bonds is 6. The highest BCUT2D eigenvalue weighted by atomic mass is 16.5. The fraction of sp³-hybridized carbons (Fsp3) is 0.348. The number of benzene rings is 2. The van der Waals surface area contributed by atoms with E-state index in [1.165, 1.54) is 11.1 Å². The summed E-state index contributed by atoms with van der Waals surface area (Å²) < 4.78 is 6.16. The zero-order valence-electron chi connectivity index (χ0n) is 15.8. The largest absolute Gasteiger partial charge is 0.376 e. The van der Waals surface area contributed by atoms with Gasteiger partial charge in [0.15, 0.2) is 0 Å². The number of aromatic amines is 1. The molecule has 27 heavy (non-hydrogen) atoms. The van der Waals surface area contributed by atoms with Crippen LogP contribution in [0, 0.1) is 6.92 Å². The number of morpholine rings is 1. The van der Waals surface area contributed by atoms with Crippen LogP contribution in [-0.4, -0.2) is 40.7 Å². The SMILES string of the molecule is Cc1[nH]cnc1CN1CCOC(CC(c2ccccc2)c2ccccc2)C1. The molecule has 1 saturated heterocycles. The standard InChI is InChI=1S/C23H27N3O/c1-18-23(25-17-24-18)16-26-12-13-27-21(15-26)14-22(19-8-4-2-5-9-19)20-10-6-3-7-11-20/h2-11,17,21-22H,12-16H2,1H3,(H,24,25).